The van der Waals surface area contributed by atoms with Gasteiger partial charge in [0.15, 0.2) is 18.3 Å². The summed E-state index contributed by atoms with van der Waals surface area (Å²) in [7, 11) is 0. The van der Waals surface area contributed by atoms with E-state index in [4.69, 9.17) is 9.47 Å². The molecule has 2 heterocycles. The molecule has 1 N–H and O–H groups in total. The minimum Gasteiger partial charge on any atom is -0.467 e. The van der Waals surface area contributed by atoms with E-state index in [-0.39, 0.29) is 36.3 Å². The van der Waals surface area contributed by atoms with Gasteiger partial charge in [-0.2, -0.15) is 0 Å². The lowest BCUT2D eigenvalue weighted by atomic mass is 10.1. The van der Waals surface area contributed by atoms with Gasteiger partial charge in [0, 0.05) is 41.1 Å². The summed E-state index contributed by atoms with van der Waals surface area (Å²) in [6, 6.07) is 6.41. The van der Waals surface area contributed by atoms with Gasteiger partial charge in [-0.3, -0.25) is 14.9 Å². The molecule has 2 aliphatic rings. The van der Waals surface area contributed by atoms with Crippen molar-refractivity contribution in [3.05, 3.63) is 57.6 Å². The van der Waals surface area contributed by atoms with Gasteiger partial charge in [0.2, 0.25) is 5.91 Å². The first kappa shape index (κ1) is 18.6. The summed E-state index contributed by atoms with van der Waals surface area (Å²) in [6.07, 6.45) is -1.26. The van der Waals surface area contributed by atoms with Crippen molar-refractivity contribution in [1.29, 1.82) is 0 Å². The third-order valence-corrected chi connectivity index (χ3v) is 4.02. The number of fused-ring (bicyclic) bond motifs is 2. The Morgan fingerprint density at radius 3 is 2.79 bits per heavy atom. The highest BCUT2D eigenvalue weighted by molar-refractivity contribution is 6.02. The van der Waals surface area contributed by atoms with Crippen LogP contribution in [0.2, 0.25) is 0 Å². The average molecular weight is 406 g/mol. The number of non-ortho nitro benzene ring substituents is 1. The van der Waals surface area contributed by atoms with Crippen LogP contribution < -0.4 is 19.5 Å². The van der Waals surface area contributed by atoms with Gasteiger partial charge in [0.05, 0.1) is 11.5 Å². The molecule has 0 spiro atoms. The normalized spacial score (nSPS) is 16.2. The van der Waals surface area contributed by atoms with Crippen LogP contribution in [0.4, 0.5) is 20.2 Å². The maximum absolute atomic E-state index is 13.1. The summed E-state index contributed by atoms with van der Waals surface area (Å²) in [4.78, 5) is 22.7. The summed E-state index contributed by atoms with van der Waals surface area (Å²) in [5.41, 5.74) is 0.847. The third-order valence-electron chi connectivity index (χ3n) is 4.02. The molecule has 0 fully saturated rings. The van der Waals surface area contributed by atoms with E-state index >= 15 is 0 Å². The van der Waals surface area contributed by atoms with Crippen molar-refractivity contribution in [2.45, 2.75) is 12.9 Å². The fraction of sp³-hybridized carbons (Fsp3) is 0.167. The minimum atomic E-state index is -3.75. The zero-order valence-electron chi connectivity index (χ0n) is 14.5. The Bertz CT molecular complexity index is 1040. The summed E-state index contributed by atoms with van der Waals surface area (Å²) in [6.45, 7) is 0.131. The largest absolute Gasteiger partial charge is 0.586 e. The summed E-state index contributed by atoms with van der Waals surface area (Å²) >= 11 is 0. The van der Waals surface area contributed by atoms with E-state index in [0.29, 0.717) is 16.9 Å². The quantitative estimate of drug-likeness (QED) is 0.471. The molecule has 0 atom stereocenters. The number of nitrogens with one attached hydrogen (secondary N) is 1. The lowest BCUT2D eigenvalue weighted by molar-refractivity contribution is -0.385. The van der Waals surface area contributed by atoms with Crippen molar-refractivity contribution < 1.29 is 37.4 Å². The Labute approximate surface area is 161 Å². The van der Waals surface area contributed by atoms with Gasteiger partial charge in [-0.1, -0.05) is 0 Å². The van der Waals surface area contributed by atoms with Crippen LogP contribution >= 0.6 is 0 Å². The van der Waals surface area contributed by atoms with Crippen molar-refractivity contribution >= 4 is 23.4 Å². The van der Waals surface area contributed by atoms with Crippen molar-refractivity contribution in [1.82, 2.24) is 0 Å². The smallest absolute Gasteiger partial charge is 0.467 e. The van der Waals surface area contributed by atoms with Crippen LogP contribution in [0, 0.1) is 10.1 Å². The molecule has 0 radical (unpaired) electrons. The monoisotopic (exact) mass is 406 g/mol. The maximum Gasteiger partial charge on any atom is 0.586 e. The number of carbonyl (C=O) groups is 1. The number of amides is 1. The molecule has 2 aromatic rings. The number of alkyl halides is 2. The highest BCUT2D eigenvalue weighted by Gasteiger charge is 2.43. The van der Waals surface area contributed by atoms with E-state index < -0.39 is 17.1 Å². The molecule has 150 valence electrons. The summed E-state index contributed by atoms with van der Waals surface area (Å²) in [5, 5.41) is 13.6. The van der Waals surface area contributed by atoms with E-state index in [1.165, 1.54) is 36.4 Å². The van der Waals surface area contributed by atoms with Crippen LogP contribution in [0.1, 0.15) is 11.1 Å². The molecule has 9 nitrogen and oxygen atoms in total. The predicted octanol–water partition coefficient (Wildman–Crippen LogP) is 3.43. The number of benzene rings is 2. The Kier molecular flexibility index (Phi) is 4.51. The predicted molar refractivity (Wildman–Crippen MR) is 93.7 cm³/mol. The molecule has 0 bridgehead atoms. The number of anilines is 1. The van der Waals surface area contributed by atoms with E-state index in [1.807, 2.05) is 0 Å². The maximum atomic E-state index is 13.1. The van der Waals surface area contributed by atoms with Crippen molar-refractivity contribution in [3.63, 3.8) is 0 Å². The molecular formula is C18H12F2N2O7. The van der Waals surface area contributed by atoms with Gasteiger partial charge in [0.1, 0.15) is 5.75 Å². The van der Waals surface area contributed by atoms with Crippen LogP contribution in [0.5, 0.6) is 17.2 Å². The van der Waals surface area contributed by atoms with Gasteiger partial charge in [0.25, 0.3) is 5.69 Å². The molecule has 0 unspecified atom stereocenters. The highest BCUT2D eigenvalue weighted by atomic mass is 19.3. The van der Waals surface area contributed by atoms with E-state index in [1.54, 1.807) is 0 Å². The topological polar surface area (TPSA) is 109 Å². The zero-order chi connectivity index (χ0) is 20.6. The van der Waals surface area contributed by atoms with Gasteiger partial charge >= 0.3 is 6.29 Å². The van der Waals surface area contributed by atoms with E-state index in [9.17, 15) is 23.7 Å². The molecule has 0 saturated heterocycles. The van der Waals surface area contributed by atoms with Crippen LogP contribution in [0.25, 0.3) is 6.08 Å². The van der Waals surface area contributed by atoms with Crippen molar-refractivity contribution in [3.8, 4) is 17.2 Å². The number of carbonyl (C=O) groups excluding carboxylic acids is 1. The number of hydrogen-bond donors (Lipinski definition) is 1. The van der Waals surface area contributed by atoms with Crippen LogP contribution in [-0.4, -0.2) is 23.9 Å². The number of ether oxygens (including phenoxy) is 4. The first-order valence-corrected chi connectivity index (χ1v) is 8.21. The van der Waals surface area contributed by atoms with Gasteiger partial charge in [-0.25, -0.2) is 0 Å². The van der Waals surface area contributed by atoms with Crippen molar-refractivity contribution in [2.75, 3.05) is 12.1 Å². The summed E-state index contributed by atoms with van der Waals surface area (Å²) in [5.74, 6) is -0.566. The minimum absolute atomic E-state index is 0.0142. The van der Waals surface area contributed by atoms with Crippen LogP contribution in [0.15, 0.2) is 36.4 Å². The first-order chi connectivity index (χ1) is 13.8. The Balaban J connectivity index is 1.52. The molecule has 11 heteroatoms. The van der Waals surface area contributed by atoms with Gasteiger partial charge in [-0.15, -0.1) is 8.78 Å². The fourth-order valence-electron chi connectivity index (χ4n) is 2.84. The van der Waals surface area contributed by atoms with Crippen LogP contribution in [-0.2, 0) is 16.1 Å². The standard InChI is InChI=1S/C18H12F2N2O7/c19-18(20)28-14-3-2-12(7-15(14)29-18)21-16(23)4-1-10-5-13(22(24)25)6-11-8-26-9-27-17(10)11/h1-7H,8-9H2,(H,21,23)/b4-1+. The second-order valence-corrected chi connectivity index (χ2v) is 6.04. The number of nitrogens with zero attached hydrogens (tertiary/aromatic N) is 1. The molecule has 0 saturated carbocycles. The molecule has 0 aromatic heterocycles. The SMILES string of the molecule is O=C(/C=C/c1cc([N+](=O)[O-])cc2c1OCOC2)Nc1ccc2c(c1)OC(F)(F)O2. The van der Waals surface area contributed by atoms with E-state index in [0.717, 1.165) is 6.08 Å². The highest BCUT2D eigenvalue weighted by Crippen LogP contribution is 2.42. The van der Waals surface area contributed by atoms with Crippen molar-refractivity contribution in [2.24, 2.45) is 0 Å². The number of hydrogen-bond acceptors (Lipinski definition) is 7. The first-order valence-electron chi connectivity index (χ1n) is 8.21. The molecule has 29 heavy (non-hydrogen) atoms. The molecule has 2 aliphatic heterocycles. The Hall–Kier alpha value is -3.73. The molecule has 4 rings (SSSR count). The number of nitro groups is 1. The average Bonchev–Trinajstić information content (AvgIpc) is 2.98. The Morgan fingerprint density at radius 1 is 1.21 bits per heavy atom. The fourth-order valence-corrected chi connectivity index (χ4v) is 2.84. The molecule has 0 aliphatic carbocycles. The lowest BCUT2D eigenvalue weighted by Gasteiger charge is -2.19. The number of halogens is 2. The molecular weight excluding hydrogens is 394 g/mol. The van der Waals surface area contributed by atoms with Gasteiger partial charge in [-0.05, 0) is 18.2 Å². The molecule has 2 aromatic carbocycles. The number of nitro benzene ring substituents is 1. The summed E-state index contributed by atoms with van der Waals surface area (Å²) < 4.78 is 45.2. The number of rotatable bonds is 4. The second kappa shape index (κ2) is 7.02. The lowest BCUT2D eigenvalue weighted by Crippen LogP contribution is -2.25. The van der Waals surface area contributed by atoms with E-state index in [2.05, 4.69) is 14.8 Å². The third kappa shape index (κ3) is 3.94. The second-order valence-electron chi connectivity index (χ2n) is 6.04. The van der Waals surface area contributed by atoms with Gasteiger partial charge < -0.3 is 24.3 Å². The zero-order valence-corrected chi connectivity index (χ0v) is 14.5. The van der Waals surface area contributed by atoms with Crippen LogP contribution in [0.3, 0.4) is 0 Å². The molecule has 1 amide bonds. The Morgan fingerprint density at radius 2 is 2.00 bits per heavy atom.